The van der Waals surface area contributed by atoms with E-state index in [9.17, 15) is 9.18 Å². The molecule has 0 spiro atoms. The second-order valence-corrected chi connectivity index (χ2v) is 8.52. The number of fused-ring (bicyclic) bond motifs is 2. The lowest BCUT2D eigenvalue weighted by molar-refractivity contribution is -0.122. The van der Waals surface area contributed by atoms with Crippen molar-refractivity contribution in [2.45, 2.75) is 0 Å². The van der Waals surface area contributed by atoms with Gasteiger partial charge in [0.05, 0.1) is 24.2 Å². The summed E-state index contributed by atoms with van der Waals surface area (Å²) in [6.07, 6.45) is 0. The number of hydrogen-bond donors (Lipinski definition) is 2. The number of benzene rings is 2. The molecule has 2 fully saturated rings. The first-order chi connectivity index (χ1) is 16.1. The molecule has 0 bridgehead atoms. The van der Waals surface area contributed by atoms with Gasteiger partial charge in [0.25, 0.3) is 0 Å². The third-order valence-electron chi connectivity index (χ3n) is 6.49. The second kappa shape index (κ2) is 8.86. The van der Waals surface area contributed by atoms with Gasteiger partial charge in [0, 0.05) is 54.8 Å². The standard InChI is InChI=1S/C25H27FN4O3/c1-27-7-8-33-17-5-3-15(4-6-17)21-10-23(30-13-16-12-28-25(31)19(16)14-30)18-9-20(26)24(32-2)11-22(18)29-21/h3-6,9-11,16,19,27H,7-8,12-14H2,1-2H3,(H,28,31). The van der Waals surface area contributed by atoms with E-state index in [4.69, 9.17) is 14.5 Å². The lowest BCUT2D eigenvalue weighted by Crippen LogP contribution is -2.28. The number of likely N-dealkylation sites (N-methyl/N-ethyl adjacent to an activating group) is 1. The lowest BCUT2D eigenvalue weighted by atomic mass is 10.0. The van der Waals surface area contributed by atoms with Crippen LogP contribution in [0.2, 0.25) is 0 Å². The fraction of sp³-hybridized carbons (Fsp3) is 0.360. The van der Waals surface area contributed by atoms with Crippen LogP contribution >= 0.6 is 0 Å². The maximum absolute atomic E-state index is 14.6. The van der Waals surface area contributed by atoms with Gasteiger partial charge in [-0.05, 0) is 43.4 Å². The Morgan fingerprint density at radius 2 is 2.03 bits per heavy atom. The third kappa shape index (κ3) is 4.06. The number of carbonyl (C=O) groups is 1. The summed E-state index contributed by atoms with van der Waals surface area (Å²) in [5.41, 5.74) is 3.23. The molecule has 1 aromatic heterocycles. The zero-order chi connectivity index (χ0) is 22.9. The highest BCUT2D eigenvalue weighted by Crippen LogP contribution is 2.38. The van der Waals surface area contributed by atoms with E-state index < -0.39 is 5.82 Å². The van der Waals surface area contributed by atoms with Crippen molar-refractivity contribution in [2.24, 2.45) is 11.8 Å². The fourth-order valence-corrected chi connectivity index (χ4v) is 4.70. The molecule has 3 heterocycles. The Morgan fingerprint density at radius 3 is 2.76 bits per heavy atom. The highest BCUT2D eigenvalue weighted by molar-refractivity contribution is 5.96. The van der Waals surface area contributed by atoms with Crippen molar-refractivity contribution >= 4 is 22.5 Å². The molecule has 2 aromatic carbocycles. The van der Waals surface area contributed by atoms with Crippen LogP contribution in [0.3, 0.4) is 0 Å². The minimum absolute atomic E-state index is 0.0335. The molecule has 2 saturated heterocycles. The molecular formula is C25H27FN4O3. The smallest absolute Gasteiger partial charge is 0.225 e. The minimum Gasteiger partial charge on any atom is -0.494 e. The van der Waals surface area contributed by atoms with Gasteiger partial charge in [0.2, 0.25) is 5.91 Å². The Kier molecular flexibility index (Phi) is 5.76. The van der Waals surface area contributed by atoms with E-state index in [0.717, 1.165) is 35.8 Å². The number of methoxy groups -OCH3 is 1. The summed E-state index contributed by atoms with van der Waals surface area (Å²) >= 11 is 0. The predicted octanol–water partition coefficient (Wildman–Crippen LogP) is 2.83. The molecule has 2 atom stereocenters. The van der Waals surface area contributed by atoms with E-state index in [1.807, 2.05) is 37.4 Å². The first-order valence-electron chi connectivity index (χ1n) is 11.2. The average molecular weight is 451 g/mol. The molecule has 3 aromatic rings. The van der Waals surface area contributed by atoms with Crippen molar-refractivity contribution in [3.8, 4) is 22.8 Å². The lowest BCUT2D eigenvalue weighted by Gasteiger charge is -2.23. The van der Waals surface area contributed by atoms with Gasteiger partial charge in [0.1, 0.15) is 12.4 Å². The Bertz CT molecular complexity index is 1180. The number of pyridine rings is 1. The van der Waals surface area contributed by atoms with E-state index in [-0.39, 0.29) is 23.5 Å². The van der Waals surface area contributed by atoms with Gasteiger partial charge in [0.15, 0.2) is 11.6 Å². The molecule has 2 aliphatic rings. The van der Waals surface area contributed by atoms with E-state index >= 15 is 0 Å². The number of aromatic nitrogens is 1. The number of anilines is 1. The van der Waals surface area contributed by atoms with Crippen molar-refractivity contribution < 1.29 is 18.7 Å². The zero-order valence-electron chi connectivity index (χ0n) is 18.7. The summed E-state index contributed by atoms with van der Waals surface area (Å²) < 4.78 is 25.5. The first-order valence-corrected chi connectivity index (χ1v) is 11.2. The maximum Gasteiger partial charge on any atom is 0.225 e. The highest BCUT2D eigenvalue weighted by atomic mass is 19.1. The summed E-state index contributed by atoms with van der Waals surface area (Å²) in [4.78, 5) is 19.2. The largest absolute Gasteiger partial charge is 0.494 e. The minimum atomic E-state index is -0.430. The number of hydrogen-bond acceptors (Lipinski definition) is 6. The maximum atomic E-state index is 14.6. The zero-order valence-corrected chi connectivity index (χ0v) is 18.7. The van der Waals surface area contributed by atoms with Crippen LogP contribution in [0, 0.1) is 17.7 Å². The second-order valence-electron chi connectivity index (χ2n) is 8.52. The van der Waals surface area contributed by atoms with Crippen molar-refractivity contribution in [2.75, 3.05) is 51.8 Å². The number of halogens is 1. The summed E-state index contributed by atoms with van der Waals surface area (Å²) in [6.45, 7) is 3.40. The van der Waals surface area contributed by atoms with Gasteiger partial charge in [-0.2, -0.15) is 0 Å². The van der Waals surface area contributed by atoms with Crippen LogP contribution in [0.1, 0.15) is 0 Å². The summed E-state index contributed by atoms with van der Waals surface area (Å²) in [7, 11) is 3.33. The van der Waals surface area contributed by atoms with E-state index in [1.165, 1.54) is 13.2 Å². The van der Waals surface area contributed by atoms with Crippen LogP contribution in [0.5, 0.6) is 11.5 Å². The van der Waals surface area contributed by atoms with E-state index in [2.05, 4.69) is 15.5 Å². The van der Waals surface area contributed by atoms with Crippen LogP contribution < -0.4 is 25.0 Å². The Labute approximate surface area is 191 Å². The molecule has 5 rings (SSSR count). The molecule has 2 aliphatic heterocycles. The van der Waals surface area contributed by atoms with E-state index in [1.54, 1.807) is 6.07 Å². The number of nitrogens with zero attached hydrogens (tertiary/aromatic N) is 2. The highest BCUT2D eigenvalue weighted by Gasteiger charge is 2.42. The Balaban J connectivity index is 1.54. The van der Waals surface area contributed by atoms with Gasteiger partial charge in [-0.15, -0.1) is 0 Å². The van der Waals surface area contributed by atoms with Gasteiger partial charge in [-0.25, -0.2) is 9.37 Å². The van der Waals surface area contributed by atoms with Gasteiger partial charge >= 0.3 is 0 Å². The van der Waals surface area contributed by atoms with E-state index in [0.29, 0.717) is 30.6 Å². The molecule has 2 unspecified atom stereocenters. The van der Waals surface area contributed by atoms with Crippen LogP contribution in [0.15, 0.2) is 42.5 Å². The summed E-state index contributed by atoms with van der Waals surface area (Å²) in [6, 6.07) is 12.9. The van der Waals surface area contributed by atoms with Gasteiger partial charge in [-0.1, -0.05) is 0 Å². The number of amides is 1. The molecule has 33 heavy (non-hydrogen) atoms. The molecule has 0 aliphatic carbocycles. The quantitative estimate of drug-likeness (QED) is 0.540. The average Bonchev–Trinajstić information content (AvgIpc) is 3.40. The molecule has 7 nitrogen and oxygen atoms in total. The van der Waals surface area contributed by atoms with Crippen LogP contribution in [0.25, 0.3) is 22.2 Å². The predicted molar refractivity (Wildman–Crippen MR) is 125 cm³/mol. The monoisotopic (exact) mass is 450 g/mol. The number of carbonyl (C=O) groups excluding carboxylic acids is 1. The number of rotatable bonds is 7. The molecule has 8 heteroatoms. The fourth-order valence-electron chi connectivity index (χ4n) is 4.70. The Morgan fingerprint density at radius 1 is 1.21 bits per heavy atom. The van der Waals surface area contributed by atoms with Crippen LogP contribution in [-0.2, 0) is 4.79 Å². The topological polar surface area (TPSA) is 75.7 Å². The first kappa shape index (κ1) is 21.5. The number of nitrogens with one attached hydrogen (secondary N) is 2. The van der Waals surface area contributed by atoms with Gasteiger partial charge < -0.3 is 25.0 Å². The van der Waals surface area contributed by atoms with Crippen molar-refractivity contribution in [1.29, 1.82) is 0 Å². The van der Waals surface area contributed by atoms with Crippen molar-refractivity contribution in [3.63, 3.8) is 0 Å². The SMILES string of the molecule is CNCCOc1ccc(-c2cc(N3CC4CNC(=O)C4C3)c3cc(F)c(OC)cc3n2)cc1. The summed E-state index contributed by atoms with van der Waals surface area (Å²) in [5, 5.41) is 6.71. The van der Waals surface area contributed by atoms with Crippen molar-refractivity contribution in [1.82, 2.24) is 15.6 Å². The summed E-state index contributed by atoms with van der Waals surface area (Å²) in [5.74, 6) is 0.847. The van der Waals surface area contributed by atoms with Gasteiger partial charge in [-0.3, -0.25) is 4.79 Å². The molecule has 172 valence electrons. The van der Waals surface area contributed by atoms with Crippen molar-refractivity contribution in [3.05, 3.63) is 48.3 Å². The molecule has 0 radical (unpaired) electrons. The molecule has 1 amide bonds. The van der Waals surface area contributed by atoms with Crippen LogP contribution in [-0.4, -0.2) is 57.8 Å². The third-order valence-corrected chi connectivity index (χ3v) is 6.49. The number of ether oxygens (including phenoxy) is 2. The molecular weight excluding hydrogens is 423 g/mol. The molecule has 2 N–H and O–H groups in total. The normalized spacial score (nSPS) is 19.6. The van der Waals surface area contributed by atoms with Crippen LogP contribution in [0.4, 0.5) is 10.1 Å². The Hall–Kier alpha value is -3.39. The molecule has 0 saturated carbocycles.